The van der Waals surface area contributed by atoms with Crippen molar-refractivity contribution in [2.45, 2.75) is 76.2 Å². The van der Waals surface area contributed by atoms with E-state index in [2.05, 4.69) is 20.2 Å². The highest BCUT2D eigenvalue weighted by atomic mass is 19.1. The third-order valence-electron chi connectivity index (χ3n) is 7.68. The van der Waals surface area contributed by atoms with Crippen molar-refractivity contribution in [3.63, 3.8) is 0 Å². The lowest BCUT2D eigenvalue weighted by molar-refractivity contribution is 0.140. The van der Waals surface area contributed by atoms with Crippen molar-refractivity contribution in [2.75, 3.05) is 12.0 Å². The van der Waals surface area contributed by atoms with Crippen LogP contribution in [0.5, 0.6) is 11.6 Å². The number of aromatic hydroxyl groups is 1. The average Bonchev–Trinajstić information content (AvgIpc) is 3.73. The van der Waals surface area contributed by atoms with E-state index in [1.807, 2.05) is 18.7 Å². The molecule has 202 valence electrons. The van der Waals surface area contributed by atoms with E-state index < -0.39 is 23.6 Å². The maximum Gasteiger partial charge on any atom is 0.250 e. The van der Waals surface area contributed by atoms with Gasteiger partial charge in [0.2, 0.25) is 11.8 Å². The lowest BCUT2D eigenvalue weighted by Crippen LogP contribution is -2.54. The van der Waals surface area contributed by atoms with Crippen molar-refractivity contribution >= 4 is 5.95 Å². The molecule has 2 heterocycles. The minimum Gasteiger partial charge on any atom is -0.507 e. The SMILES string of the molecule is COc1ncc(-c2ccc(-c3cnc(N(C4CC4)[C@H]4C[C@@](C)(N)CCCC(C)[C@H]4F)nn3)c(O)c2)cc1F. The van der Waals surface area contributed by atoms with Gasteiger partial charge in [-0.15, -0.1) is 10.2 Å². The number of phenolic OH excluding ortho intramolecular Hbond substituents is 1. The van der Waals surface area contributed by atoms with Crippen LogP contribution in [0.15, 0.2) is 36.7 Å². The van der Waals surface area contributed by atoms with Gasteiger partial charge in [0.1, 0.15) is 17.6 Å². The molecule has 0 bridgehead atoms. The van der Waals surface area contributed by atoms with E-state index in [4.69, 9.17) is 10.5 Å². The van der Waals surface area contributed by atoms with Gasteiger partial charge < -0.3 is 20.5 Å². The van der Waals surface area contributed by atoms with Crippen LogP contribution in [0, 0.1) is 11.7 Å². The molecule has 0 aliphatic heterocycles. The second-order valence-corrected chi connectivity index (χ2v) is 11.0. The maximum absolute atomic E-state index is 15.8. The van der Waals surface area contributed by atoms with Crippen molar-refractivity contribution in [3.05, 3.63) is 42.5 Å². The fourth-order valence-corrected chi connectivity index (χ4v) is 5.42. The third-order valence-corrected chi connectivity index (χ3v) is 7.68. The monoisotopic (exact) mass is 524 g/mol. The molecule has 0 radical (unpaired) electrons. The molecule has 2 aliphatic rings. The van der Waals surface area contributed by atoms with E-state index in [-0.39, 0.29) is 23.6 Å². The van der Waals surface area contributed by atoms with Gasteiger partial charge in [-0.1, -0.05) is 19.4 Å². The van der Waals surface area contributed by atoms with Gasteiger partial charge in [-0.3, -0.25) is 0 Å². The van der Waals surface area contributed by atoms with Crippen LogP contribution in [-0.2, 0) is 0 Å². The number of hydrogen-bond donors (Lipinski definition) is 2. The number of anilines is 1. The molecule has 3 N–H and O–H groups in total. The number of alkyl halides is 1. The Hall–Kier alpha value is -3.40. The van der Waals surface area contributed by atoms with Crippen LogP contribution < -0.4 is 15.4 Å². The molecule has 2 fully saturated rings. The first-order valence-corrected chi connectivity index (χ1v) is 13.1. The summed E-state index contributed by atoms with van der Waals surface area (Å²) in [7, 11) is 1.35. The summed E-state index contributed by atoms with van der Waals surface area (Å²) in [6, 6.07) is 5.95. The van der Waals surface area contributed by atoms with Crippen LogP contribution in [0.2, 0.25) is 0 Å². The maximum atomic E-state index is 15.8. The van der Waals surface area contributed by atoms with Gasteiger partial charge in [-0.05, 0) is 68.7 Å². The Morgan fingerprint density at radius 1 is 1.11 bits per heavy atom. The topological polar surface area (TPSA) is 110 Å². The Bertz CT molecular complexity index is 1280. The van der Waals surface area contributed by atoms with Crippen LogP contribution in [0.1, 0.15) is 52.4 Å². The highest BCUT2D eigenvalue weighted by molar-refractivity contribution is 5.73. The molecular weight excluding hydrogens is 490 g/mol. The highest BCUT2D eigenvalue weighted by Gasteiger charge is 2.44. The Labute approximate surface area is 221 Å². The smallest absolute Gasteiger partial charge is 0.250 e. The second kappa shape index (κ2) is 10.4. The fourth-order valence-electron chi connectivity index (χ4n) is 5.42. The number of phenols is 1. The lowest BCUT2D eigenvalue weighted by atomic mass is 9.79. The van der Waals surface area contributed by atoms with Gasteiger partial charge in [-0.2, -0.15) is 0 Å². The largest absolute Gasteiger partial charge is 0.507 e. The number of nitrogens with two attached hydrogens (primary N) is 1. The predicted molar refractivity (Wildman–Crippen MR) is 141 cm³/mol. The summed E-state index contributed by atoms with van der Waals surface area (Å²) < 4.78 is 34.7. The molecule has 0 saturated heterocycles. The van der Waals surface area contributed by atoms with Crippen molar-refractivity contribution in [1.29, 1.82) is 0 Å². The standard InChI is InChI=1S/C28H34F2N6O2/c1-16-5-4-10-28(2,31)13-23(25(16)30)36(19-7-8-19)27-33-15-22(34-35-27)20-9-6-17(12-24(20)37)18-11-21(29)26(38-3)32-14-18/h6,9,11-12,14-16,19,23,25,37H,4-5,7-8,10,13,31H2,1-3H3/t16?,23-,25+,28-/m0/s1. The van der Waals surface area contributed by atoms with Gasteiger partial charge in [0.25, 0.3) is 0 Å². The molecule has 8 nitrogen and oxygen atoms in total. The number of benzene rings is 1. The number of aromatic nitrogens is 4. The minimum atomic E-state index is -1.05. The van der Waals surface area contributed by atoms with Crippen LogP contribution in [-0.4, -0.2) is 56.2 Å². The summed E-state index contributed by atoms with van der Waals surface area (Å²) in [6.07, 6.45) is 6.96. The summed E-state index contributed by atoms with van der Waals surface area (Å²) in [4.78, 5) is 10.5. The summed E-state index contributed by atoms with van der Waals surface area (Å²) in [5.74, 6) is -0.445. The third kappa shape index (κ3) is 5.41. The molecule has 1 aromatic carbocycles. The number of halogens is 2. The zero-order valence-electron chi connectivity index (χ0n) is 21.9. The number of pyridine rings is 1. The zero-order valence-corrected chi connectivity index (χ0v) is 21.9. The molecule has 10 heteroatoms. The second-order valence-electron chi connectivity index (χ2n) is 11.0. The molecule has 0 spiro atoms. The van der Waals surface area contributed by atoms with Crippen LogP contribution >= 0.6 is 0 Å². The lowest BCUT2D eigenvalue weighted by Gasteiger charge is -2.42. The van der Waals surface area contributed by atoms with Crippen molar-refractivity contribution in [2.24, 2.45) is 11.7 Å². The van der Waals surface area contributed by atoms with E-state index in [0.717, 1.165) is 32.1 Å². The van der Waals surface area contributed by atoms with Gasteiger partial charge in [-0.25, -0.2) is 18.7 Å². The quantitative estimate of drug-likeness (QED) is 0.461. The van der Waals surface area contributed by atoms with Crippen molar-refractivity contribution in [1.82, 2.24) is 20.2 Å². The van der Waals surface area contributed by atoms with E-state index in [0.29, 0.717) is 34.8 Å². The molecule has 0 amide bonds. The van der Waals surface area contributed by atoms with E-state index >= 15 is 4.39 Å². The molecule has 5 rings (SSSR count). The van der Waals surface area contributed by atoms with Gasteiger partial charge in [0, 0.05) is 28.9 Å². The fraction of sp³-hybridized carbons (Fsp3) is 0.500. The molecular formula is C28H34F2N6O2. The Balaban J connectivity index is 1.41. The predicted octanol–water partition coefficient (Wildman–Crippen LogP) is 5.06. The van der Waals surface area contributed by atoms with Crippen LogP contribution in [0.4, 0.5) is 14.7 Å². The average molecular weight is 525 g/mol. The van der Waals surface area contributed by atoms with Crippen LogP contribution in [0.25, 0.3) is 22.4 Å². The van der Waals surface area contributed by atoms with E-state index in [1.165, 1.54) is 25.4 Å². The van der Waals surface area contributed by atoms with Crippen LogP contribution in [0.3, 0.4) is 0 Å². The van der Waals surface area contributed by atoms with Gasteiger partial charge >= 0.3 is 0 Å². The summed E-state index contributed by atoms with van der Waals surface area (Å²) in [5, 5.41) is 19.4. The molecule has 1 unspecified atom stereocenters. The zero-order chi connectivity index (χ0) is 27.0. The summed E-state index contributed by atoms with van der Waals surface area (Å²) >= 11 is 0. The molecule has 3 aromatic rings. The number of nitrogens with zero attached hydrogens (tertiary/aromatic N) is 5. The Morgan fingerprint density at radius 2 is 1.89 bits per heavy atom. The number of ether oxygens (including phenoxy) is 1. The first kappa shape index (κ1) is 26.2. The van der Waals surface area contributed by atoms with Gasteiger partial charge in [0.15, 0.2) is 5.82 Å². The number of rotatable bonds is 6. The van der Waals surface area contributed by atoms with E-state index in [1.54, 1.807) is 18.3 Å². The number of methoxy groups -OCH3 is 1. The Morgan fingerprint density at radius 3 is 2.53 bits per heavy atom. The molecule has 4 atom stereocenters. The summed E-state index contributed by atoms with van der Waals surface area (Å²) in [6.45, 7) is 3.96. The highest BCUT2D eigenvalue weighted by Crippen LogP contribution is 2.40. The number of hydrogen-bond acceptors (Lipinski definition) is 8. The van der Waals surface area contributed by atoms with Crippen molar-refractivity contribution < 1.29 is 18.6 Å². The molecule has 38 heavy (non-hydrogen) atoms. The molecule has 2 aliphatic carbocycles. The Kier molecular flexibility index (Phi) is 7.17. The minimum absolute atomic E-state index is 0.0572. The van der Waals surface area contributed by atoms with E-state index in [9.17, 15) is 9.50 Å². The first-order valence-electron chi connectivity index (χ1n) is 13.1. The van der Waals surface area contributed by atoms with Crippen molar-refractivity contribution in [3.8, 4) is 34.0 Å². The molecule has 2 aromatic heterocycles. The first-order chi connectivity index (χ1) is 18.2. The molecule has 2 saturated carbocycles. The van der Waals surface area contributed by atoms with Gasteiger partial charge in [0.05, 0.1) is 19.3 Å². The normalized spacial score (nSPS) is 25.9. The summed E-state index contributed by atoms with van der Waals surface area (Å²) in [5.41, 5.74) is 7.97.